The molecular weight excluding hydrogens is 389 g/mol. The SMILES string of the molecule is O=C(O)c1cc(NC(=O)c2cc(I)ccc2O)ccc1O. The summed E-state index contributed by atoms with van der Waals surface area (Å²) in [5.41, 5.74) is -0.0417. The van der Waals surface area contributed by atoms with Crippen molar-refractivity contribution in [2.75, 3.05) is 5.32 Å². The summed E-state index contributed by atoms with van der Waals surface area (Å²) in [6, 6.07) is 8.23. The fourth-order valence-electron chi connectivity index (χ4n) is 1.67. The monoisotopic (exact) mass is 399 g/mol. The van der Waals surface area contributed by atoms with Gasteiger partial charge in [0.15, 0.2) is 0 Å². The Labute approximate surface area is 133 Å². The van der Waals surface area contributed by atoms with Crippen LogP contribution in [0.2, 0.25) is 0 Å². The molecule has 21 heavy (non-hydrogen) atoms. The van der Waals surface area contributed by atoms with Crippen LogP contribution in [0, 0.1) is 3.57 Å². The minimum Gasteiger partial charge on any atom is -0.507 e. The Morgan fingerprint density at radius 3 is 2.24 bits per heavy atom. The summed E-state index contributed by atoms with van der Waals surface area (Å²) in [6.07, 6.45) is 0. The Morgan fingerprint density at radius 1 is 0.952 bits per heavy atom. The lowest BCUT2D eigenvalue weighted by atomic mass is 10.1. The normalized spacial score (nSPS) is 10.1. The molecule has 0 spiro atoms. The molecule has 0 saturated heterocycles. The maximum absolute atomic E-state index is 12.1. The highest BCUT2D eigenvalue weighted by molar-refractivity contribution is 14.1. The third kappa shape index (κ3) is 3.43. The van der Waals surface area contributed by atoms with E-state index in [-0.39, 0.29) is 22.6 Å². The molecule has 0 aromatic heterocycles. The molecule has 6 nitrogen and oxygen atoms in total. The molecule has 0 fully saturated rings. The van der Waals surface area contributed by atoms with Crippen LogP contribution in [0.3, 0.4) is 0 Å². The summed E-state index contributed by atoms with van der Waals surface area (Å²) < 4.78 is 0.771. The van der Waals surface area contributed by atoms with Gasteiger partial charge in [0, 0.05) is 9.26 Å². The Bertz CT molecular complexity index is 729. The molecule has 0 radical (unpaired) electrons. The minimum absolute atomic E-state index is 0.0758. The van der Waals surface area contributed by atoms with E-state index in [9.17, 15) is 19.8 Å². The van der Waals surface area contributed by atoms with Gasteiger partial charge in [-0.15, -0.1) is 0 Å². The molecule has 2 rings (SSSR count). The number of phenolic OH excluding ortho intramolecular Hbond substituents is 1. The lowest BCUT2D eigenvalue weighted by Gasteiger charge is -2.08. The van der Waals surface area contributed by atoms with Crippen LogP contribution < -0.4 is 5.32 Å². The van der Waals surface area contributed by atoms with Gasteiger partial charge < -0.3 is 20.6 Å². The van der Waals surface area contributed by atoms with Gasteiger partial charge in [0.1, 0.15) is 17.1 Å². The van der Waals surface area contributed by atoms with Gasteiger partial charge in [0.2, 0.25) is 0 Å². The molecule has 2 aromatic rings. The first-order valence-corrected chi connectivity index (χ1v) is 6.82. The number of aromatic carboxylic acids is 1. The van der Waals surface area contributed by atoms with Crippen molar-refractivity contribution in [1.82, 2.24) is 0 Å². The molecule has 0 saturated carbocycles. The summed E-state index contributed by atoms with van der Waals surface area (Å²) >= 11 is 2.00. The number of benzene rings is 2. The van der Waals surface area contributed by atoms with Gasteiger partial charge in [-0.05, 0) is 59.0 Å². The maximum Gasteiger partial charge on any atom is 0.339 e. The largest absolute Gasteiger partial charge is 0.507 e. The van der Waals surface area contributed by atoms with E-state index in [1.807, 2.05) is 22.6 Å². The number of hydrogen-bond acceptors (Lipinski definition) is 4. The first-order valence-electron chi connectivity index (χ1n) is 5.74. The van der Waals surface area contributed by atoms with Crippen LogP contribution in [0.25, 0.3) is 0 Å². The van der Waals surface area contributed by atoms with Crippen LogP contribution in [0.1, 0.15) is 20.7 Å². The zero-order chi connectivity index (χ0) is 15.6. The van der Waals surface area contributed by atoms with Crippen LogP contribution in [0.15, 0.2) is 36.4 Å². The van der Waals surface area contributed by atoms with E-state index in [4.69, 9.17) is 5.11 Å². The van der Waals surface area contributed by atoms with Crippen LogP contribution in [-0.2, 0) is 0 Å². The molecule has 108 valence electrons. The maximum atomic E-state index is 12.1. The van der Waals surface area contributed by atoms with Gasteiger partial charge in [0.25, 0.3) is 5.91 Å². The van der Waals surface area contributed by atoms with Crippen LogP contribution >= 0.6 is 22.6 Å². The molecule has 7 heteroatoms. The van der Waals surface area contributed by atoms with Crippen molar-refractivity contribution in [1.29, 1.82) is 0 Å². The molecular formula is C14H10INO5. The van der Waals surface area contributed by atoms with E-state index >= 15 is 0 Å². The van der Waals surface area contributed by atoms with Crippen molar-refractivity contribution in [3.63, 3.8) is 0 Å². The van der Waals surface area contributed by atoms with Gasteiger partial charge in [-0.3, -0.25) is 4.79 Å². The van der Waals surface area contributed by atoms with E-state index in [1.165, 1.54) is 24.3 Å². The number of phenols is 2. The van der Waals surface area contributed by atoms with Crippen LogP contribution in [-0.4, -0.2) is 27.2 Å². The summed E-state index contributed by atoms with van der Waals surface area (Å²) in [5, 5.41) is 30.5. The zero-order valence-corrected chi connectivity index (χ0v) is 12.7. The van der Waals surface area contributed by atoms with Crippen molar-refractivity contribution in [3.8, 4) is 11.5 Å². The fourth-order valence-corrected chi connectivity index (χ4v) is 2.16. The second-order valence-corrected chi connectivity index (χ2v) is 5.40. The number of carboxylic acid groups (broad SMARTS) is 1. The number of carbonyl (C=O) groups is 2. The molecule has 0 bridgehead atoms. The first-order chi connectivity index (χ1) is 9.88. The highest BCUT2D eigenvalue weighted by atomic mass is 127. The third-order valence-corrected chi connectivity index (χ3v) is 3.36. The fraction of sp³-hybridized carbons (Fsp3) is 0. The highest BCUT2D eigenvalue weighted by Crippen LogP contribution is 2.24. The predicted octanol–water partition coefficient (Wildman–Crippen LogP) is 2.65. The summed E-state index contributed by atoms with van der Waals surface area (Å²) in [7, 11) is 0. The number of anilines is 1. The third-order valence-electron chi connectivity index (χ3n) is 2.69. The number of carbonyl (C=O) groups excluding carboxylic acids is 1. The summed E-state index contributed by atoms with van der Waals surface area (Å²) in [5.74, 6) is -2.45. The number of aromatic hydroxyl groups is 2. The van der Waals surface area contributed by atoms with Gasteiger partial charge in [-0.1, -0.05) is 0 Å². The smallest absolute Gasteiger partial charge is 0.339 e. The van der Waals surface area contributed by atoms with Crippen LogP contribution in [0.4, 0.5) is 5.69 Å². The van der Waals surface area contributed by atoms with Crippen molar-refractivity contribution < 1.29 is 24.9 Å². The number of rotatable bonds is 3. The van der Waals surface area contributed by atoms with E-state index in [0.29, 0.717) is 0 Å². The van der Waals surface area contributed by atoms with E-state index in [1.54, 1.807) is 6.07 Å². The lowest BCUT2D eigenvalue weighted by Crippen LogP contribution is -2.13. The predicted molar refractivity (Wildman–Crippen MR) is 83.8 cm³/mol. The standard InChI is InChI=1S/C14H10INO5/c15-7-1-3-11(17)9(5-7)13(19)16-8-2-4-12(18)10(6-8)14(20)21/h1-6,17-18H,(H,16,19)(H,20,21). The second kappa shape index (κ2) is 6.00. The Kier molecular flexibility index (Phi) is 4.32. The van der Waals surface area contributed by atoms with E-state index in [2.05, 4.69) is 5.32 Å². The van der Waals surface area contributed by atoms with Gasteiger partial charge >= 0.3 is 5.97 Å². The van der Waals surface area contributed by atoms with Gasteiger partial charge in [-0.25, -0.2) is 4.79 Å². The van der Waals surface area contributed by atoms with Gasteiger partial charge in [-0.2, -0.15) is 0 Å². The molecule has 0 heterocycles. The second-order valence-electron chi connectivity index (χ2n) is 4.15. The molecule has 0 aliphatic heterocycles. The minimum atomic E-state index is -1.30. The van der Waals surface area contributed by atoms with E-state index < -0.39 is 17.6 Å². The quantitative estimate of drug-likeness (QED) is 0.469. The number of nitrogens with one attached hydrogen (secondary N) is 1. The van der Waals surface area contributed by atoms with E-state index in [0.717, 1.165) is 9.64 Å². The molecule has 0 atom stereocenters. The van der Waals surface area contributed by atoms with Gasteiger partial charge in [0.05, 0.1) is 5.56 Å². The molecule has 0 unspecified atom stereocenters. The van der Waals surface area contributed by atoms with Crippen LogP contribution in [0.5, 0.6) is 11.5 Å². The number of hydrogen-bond donors (Lipinski definition) is 4. The summed E-state index contributed by atoms with van der Waals surface area (Å²) in [4.78, 5) is 23.0. The Balaban J connectivity index is 2.29. The average Bonchev–Trinajstić information content (AvgIpc) is 2.43. The topological polar surface area (TPSA) is 107 Å². The van der Waals surface area contributed by atoms with Crippen molar-refractivity contribution in [2.45, 2.75) is 0 Å². The molecule has 1 amide bonds. The van der Waals surface area contributed by atoms with Crippen molar-refractivity contribution >= 4 is 40.2 Å². The molecule has 0 aliphatic rings. The Hall–Kier alpha value is -2.29. The Morgan fingerprint density at radius 2 is 1.57 bits per heavy atom. The average molecular weight is 399 g/mol. The van der Waals surface area contributed by atoms with Crippen molar-refractivity contribution in [3.05, 3.63) is 51.1 Å². The number of halogens is 1. The summed E-state index contributed by atoms with van der Waals surface area (Å²) in [6.45, 7) is 0. The lowest BCUT2D eigenvalue weighted by molar-refractivity contribution is 0.0693. The molecule has 0 aliphatic carbocycles. The molecule has 2 aromatic carbocycles. The zero-order valence-electron chi connectivity index (χ0n) is 10.5. The van der Waals surface area contributed by atoms with Crippen molar-refractivity contribution in [2.24, 2.45) is 0 Å². The molecule has 4 N–H and O–H groups in total. The highest BCUT2D eigenvalue weighted by Gasteiger charge is 2.14. The number of carboxylic acids is 1. The number of amides is 1. The first kappa shape index (κ1) is 15.1.